The maximum absolute atomic E-state index is 12.4. The third-order valence-electron chi connectivity index (χ3n) is 3.65. The highest BCUT2D eigenvalue weighted by Gasteiger charge is 2.28. The van der Waals surface area contributed by atoms with E-state index < -0.39 is 10.0 Å². The predicted molar refractivity (Wildman–Crippen MR) is 94.1 cm³/mol. The molecule has 0 radical (unpaired) electrons. The van der Waals surface area contributed by atoms with Crippen molar-refractivity contribution in [3.8, 4) is 0 Å². The van der Waals surface area contributed by atoms with Crippen molar-refractivity contribution in [3.05, 3.63) is 34.8 Å². The summed E-state index contributed by atoms with van der Waals surface area (Å²) in [7, 11) is -3.27. The molecule has 1 aromatic carbocycles. The number of benzene rings is 1. The quantitative estimate of drug-likeness (QED) is 0.897. The number of aromatic nitrogens is 2. The summed E-state index contributed by atoms with van der Waals surface area (Å²) in [5.74, 6) is 0.0587. The van der Waals surface area contributed by atoms with Gasteiger partial charge < -0.3 is 0 Å². The smallest absolute Gasteiger partial charge is 0.257 e. The lowest BCUT2D eigenvalue weighted by Gasteiger charge is -2.17. The molecule has 1 saturated heterocycles. The second-order valence-electron chi connectivity index (χ2n) is 5.85. The van der Waals surface area contributed by atoms with Gasteiger partial charge in [0.2, 0.25) is 15.2 Å². The Bertz CT molecular complexity index is 861. The van der Waals surface area contributed by atoms with Crippen molar-refractivity contribution in [3.63, 3.8) is 0 Å². The van der Waals surface area contributed by atoms with Gasteiger partial charge in [-0.15, -0.1) is 10.2 Å². The van der Waals surface area contributed by atoms with Gasteiger partial charge in [0.1, 0.15) is 5.01 Å². The molecule has 1 amide bonds. The van der Waals surface area contributed by atoms with E-state index in [1.54, 1.807) is 24.3 Å². The van der Waals surface area contributed by atoms with Gasteiger partial charge in [0.15, 0.2) is 0 Å². The SMILES string of the molecule is CC(C)c1nnc(NC(=O)c2cccc(N3CCCS3(=O)=O)c2)s1. The molecular weight excluding hydrogens is 348 g/mol. The maximum atomic E-state index is 12.4. The number of nitrogens with one attached hydrogen (secondary N) is 1. The van der Waals surface area contributed by atoms with E-state index in [2.05, 4.69) is 15.5 Å². The molecule has 0 saturated carbocycles. The second-order valence-corrected chi connectivity index (χ2v) is 8.87. The van der Waals surface area contributed by atoms with Gasteiger partial charge in [-0.2, -0.15) is 0 Å². The highest BCUT2D eigenvalue weighted by Crippen LogP contribution is 2.26. The van der Waals surface area contributed by atoms with Crippen LogP contribution < -0.4 is 9.62 Å². The Hall–Kier alpha value is -2.00. The standard InChI is InChI=1S/C15H18N4O3S2/c1-10(2)14-17-18-15(23-14)16-13(20)11-5-3-6-12(9-11)19-7-4-8-24(19,21)22/h3,5-6,9-10H,4,7-8H2,1-2H3,(H,16,18,20). The Morgan fingerprint density at radius 3 is 2.75 bits per heavy atom. The van der Waals surface area contributed by atoms with Gasteiger partial charge in [0.05, 0.1) is 11.4 Å². The van der Waals surface area contributed by atoms with Crippen LogP contribution in [0.25, 0.3) is 0 Å². The van der Waals surface area contributed by atoms with Crippen LogP contribution in [0.3, 0.4) is 0 Å². The average molecular weight is 366 g/mol. The monoisotopic (exact) mass is 366 g/mol. The Kier molecular flexibility index (Phi) is 4.55. The summed E-state index contributed by atoms with van der Waals surface area (Å²) in [6, 6.07) is 6.60. The van der Waals surface area contributed by atoms with Crippen LogP contribution in [0, 0.1) is 0 Å². The number of carbonyl (C=O) groups is 1. The summed E-state index contributed by atoms with van der Waals surface area (Å²) in [4.78, 5) is 12.4. The lowest BCUT2D eigenvalue weighted by atomic mass is 10.2. The fraction of sp³-hybridized carbons (Fsp3) is 0.400. The molecule has 7 nitrogen and oxygen atoms in total. The maximum Gasteiger partial charge on any atom is 0.257 e. The van der Waals surface area contributed by atoms with Gasteiger partial charge in [0, 0.05) is 18.0 Å². The Labute approximate surface area is 144 Å². The van der Waals surface area contributed by atoms with Crippen molar-refractivity contribution in [1.29, 1.82) is 0 Å². The first kappa shape index (κ1) is 16.8. The molecule has 128 valence electrons. The molecule has 0 bridgehead atoms. The topological polar surface area (TPSA) is 92.3 Å². The van der Waals surface area contributed by atoms with Crippen LogP contribution in [-0.4, -0.2) is 36.8 Å². The molecule has 1 aliphatic heterocycles. The molecule has 1 aromatic heterocycles. The van der Waals surface area contributed by atoms with Gasteiger partial charge in [-0.05, 0) is 24.6 Å². The number of rotatable bonds is 4. The number of hydrogen-bond donors (Lipinski definition) is 1. The number of nitrogens with zero attached hydrogens (tertiary/aromatic N) is 3. The minimum atomic E-state index is -3.27. The normalized spacial score (nSPS) is 16.5. The minimum Gasteiger partial charge on any atom is -0.296 e. The fourth-order valence-corrected chi connectivity index (χ4v) is 4.72. The van der Waals surface area contributed by atoms with E-state index >= 15 is 0 Å². The van der Waals surface area contributed by atoms with Crippen molar-refractivity contribution >= 4 is 38.1 Å². The first-order valence-electron chi connectivity index (χ1n) is 7.62. The van der Waals surface area contributed by atoms with Gasteiger partial charge in [0.25, 0.3) is 5.91 Å². The highest BCUT2D eigenvalue weighted by atomic mass is 32.2. The first-order valence-corrected chi connectivity index (χ1v) is 10.0. The molecule has 0 aliphatic carbocycles. The number of anilines is 2. The van der Waals surface area contributed by atoms with Gasteiger partial charge >= 0.3 is 0 Å². The van der Waals surface area contributed by atoms with E-state index in [0.29, 0.717) is 29.3 Å². The Morgan fingerprint density at radius 1 is 1.33 bits per heavy atom. The molecule has 1 aliphatic rings. The van der Waals surface area contributed by atoms with E-state index in [0.717, 1.165) is 5.01 Å². The van der Waals surface area contributed by atoms with Crippen LogP contribution in [-0.2, 0) is 10.0 Å². The van der Waals surface area contributed by atoms with Crippen molar-refractivity contribution in [2.24, 2.45) is 0 Å². The van der Waals surface area contributed by atoms with Gasteiger partial charge in [-0.3, -0.25) is 14.4 Å². The summed E-state index contributed by atoms with van der Waals surface area (Å²) in [5, 5.41) is 12.0. The summed E-state index contributed by atoms with van der Waals surface area (Å²) >= 11 is 1.33. The van der Waals surface area contributed by atoms with E-state index in [9.17, 15) is 13.2 Å². The third-order valence-corrected chi connectivity index (χ3v) is 6.66. The molecule has 2 heterocycles. The molecule has 0 unspecified atom stereocenters. The molecule has 9 heteroatoms. The summed E-state index contributed by atoms with van der Waals surface area (Å²) in [6.45, 7) is 4.46. The number of hydrogen-bond acceptors (Lipinski definition) is 6. The van der Waals surface area contributed by atoms with E-state index in [-0.39, 0.29) is 17.6 Å². The summed E-state index contributed by atoms with van der Waals surface area (Å²) in [6.07, 6.45) is 0.599. The second kappa shape index (κ2) is 6.48. The van der Waals surface area contributed by atoms with Gasteiger partial charge in [-0.25, -0.2) is 8.42 Å². The number of amides is 1. The van der Waals surface area contributed by atoms with Crippen molar-refractivity contribution in [2.75, 3.05) is 21.9 Å². The Balaban J connectivity index is 1.79. The molecule has 0 spiro atoms. The van der Waals surface area contributed by atoms with Crippen LogP contribution >= 0.6 is 11.3 Å². The largest absolute Gasteiger partial charge is 0.296 e. The zero-order valence-electron chi connectivity index (χ0n) is 13.4. The van der Waals surface area contributed by atoms with Crippen molar-refractivity contribution in [1.82, 2.24) is 10.2 Å². The summed E-state index contributed by atoms with van der Waals surface area (Å²) < 4.78 is 25.4. The van der Waals surface area contributed by atoms with E-state index in [4.69, 9.17) is 0 Å². The lowest BCUT2D eigenvalue weighted by molar-refractivity contribution is 0.102. The van der Waals surface area contributed by atoms with Gasteiger partial charge in [-0.1, -0.05) is 31.3 Å². The van der Waals surface area contributed by atoms with Crippen molar-refractivity contribution < 1.29 is 13.2 Å². The Morgan fingerprint density at radius 2 is 2.12 bits per heavy atom. The molecule has 1 fully saturated rings. The van der Waals surface area contributed by atoms with Crippen LogP contribution in [0.15, 0.2) is 24.3 Å². The van der Waals surface area contributed by atoms with Crippen LogP contribution in [0.4, 0.5) is 10.8 Å². The number of sulfonamides is 1. The molecule has 24 heavy (non-hydrogen) atoms. The van der Waals surface area contributed by atoms with Crippen LogP contribution in [0.5, 0.6) is 0 Å². The van der Waals surface area contributed by atoms with E-state index in [1.807, 2.05) is 13.8 Å². The predicted octanol–water partition coefficient (Wildman–Crippen LogP) is 2.45. The minimum absolute atomic E-state index is 0.145. The molecule has 0 atom stereocenters. The van der Waals surface area contributed by atoms with Crippen LogP contribution in [0.1, 0.15) is 41.6 Å². The lowest BCUT2D eigenvalue weighted by Crippen LogP contribution is -2.25. The zero-order valence-corrected chi connectivity index (χ0v) is 15.0. The van der Waals surface area contributed by atoms with Crippen LogP contribution in [0.2, 0.25) is 0 Å². The van der Waals surface area contributed by atoms with Crippen molar-refractivity contribution in [2.45, 2.75) is 26.2 Å². The zero-order chi connectivity index (χ0) is 17.3. The van der Waals surface area contributed by atoms with E-state index in [1.165, 1.54) is 15.6 Å². The highest BCUT2D eigenvalue weighted by molar-refractivity contribution is 7.93. The molecule has 1 N–H and O–H groups in total. The fourth-order valence-electron chi connectivity index (χ4n) is 2.42. The molecule has 2 aromatic rings. The average Bonchev–Trinajstić information content (AvgIpc) is 3.13. The molecule has 3 rings (SSSR count). The summed E-state index contributed by atoms with van der Waals surface area (Å²) in [5.41, 5.74) is 0.899. The third kappa shape index (κ3) is 3.41. The molecular formula is C15H18N4O3S2. The number of carbonyl (C=O) groups excluding carboxylic acids is 1. The first-order chi connectivity index (χ1) is 11.4.